The first kappa shape index (κ1) is 13.2. The maximum atomic E-state index is 5.48. The molecule has 0 aromatic carbocycles. The lowest BCUT2D eigenvalue weighted by atomic mass is 10.2. The molecule has 2 N–H and O–H groups in total. The van der Waals surface area contributed by atoms with Crippen LogP contribution in [0, 0.1) is 6.92 Å². The number of aromatic nitrogens is 2. The molecule has 0 aliphatic heterocycles. The zero-order valence-corrected chi connectivity index (χ0v) is 10.7. The Morgan fingerprint density at radius 3 is 2.75 bits per heavy atom. The van der Waals surface area contributed by atoms with Crippen molar-refractivity contribution in [1.29, 1.82) is 0 Å². The Morgan fingerprint density at radius 1 is 1.44 bits per heavy atom. The first-order valence-corrected chi connectivity index (χ1v) is 6.09. The van der Waals surface area contributed by atoms with Crippen LogP contribution in [0.4, 0.5) is 0 Å². The molecule has 1 aromatic rings. The quantitative estimate of drug-likeness (QED) is 0.712. The highest BCUT2D eigenvalue weighted by Crippen LogP contribution is 2.09. The fraction of sp³-hybridized carbons (Fsp3) is 0.750. The van der Waals surface area contributed by atoms with E-state index in [2.05, 4.69) is 30.9 Å². The summed E-state index contributed by atoms with van der Waals surface area (Å²) in [5.41, 5.74) is 8.10. The van der Waals surface area contributed by atoms with Crippen molar-refractivity contribution in [2.24, 2.45) is 5.73 Å². The minimum absolute atomic E-state index is 0.792. The molecule has 0 aliphatic carbocycles. The minimum atomic E-state index is 0.792. The van der Waals surface area contributed by atoms with Gasteiger partial charge in [0.1, 0.15) is 0 Å². The molecule has 0 spiro atoms. The summed E-state index contributed by atoms with van der Waals surface area (Å²) in [7, 11) is 2.15. The van der Waals surface area contributed by atoms with E-state index in [9.17, 15) is 0 Å². The Kier molecular flexibility index (Phi) is 5.49. The third-order valence-corrected chi connectivity index (χ3v) is 2.94. The van der Waals surface area contributed by atoms with E-state index < -0.39 is 0 Å². The number of hydrogen-bond acceptors (Lipinski definition) is 3. The Balaban J connectivity index is 2.43. The van der Waals surface area contributed by atoms with Crippen molar-refractivity contribution < 1.29 is 0 Å². The standard InChI is InChI=1S/C12H24N4/c1-4-16-11(2)12(9-14-16)10-15(3)8-6-5-7-13/h9H,4-8,10,13H2,1-3H3. The van der Waals surface area contributed by atoms with Gasteiger partial charge in [0.2, 0.25) is 0 Å². The Hall–Kier alpha value is -0.870. The van der Waals surface area contributed by atoms with Crippen molar-refractivity contribution in [2.75, 3.05) is 20.1 Å². The van der Waals surface area contributed by atoms with E-state index in [0.717, 1.165) is 32.6 Å². The van der Waals surface area contributed by atoms with Crippen LogP contribution in [0.1, 0.15) is 31.0 Å². The molecule has 0 saturated heterocycles. The van der Waals surface area contributed by atoms with Gasteiger partial charge in [-0.3, -0.25) is 4.68 Å². The van der Waals surface area contributed by atoms with Crippen molar-refractivity contribution in [3.05, 3.63) is 17.5 Å². The molecule has 0 aliphatic rings. The Morgan fingerprint density at radius 2 is 2.19 bits per heavy atom. The average Bonchev–Trinajstić information content (AvgIpc) is 2.60. The second kappa shape index (κ2) is 6.66. The van der Waals surface area contributed by atoms with Gasteiger partial charge in [-0.2, -0.15) is 5.10 Å². The van der Waals surface area contributed by atoms with Crippen LogP contribution in [-0.4, -0.2) is 34.8 Å². The van der Waals surface area contributed by atoms with Gasteiger partial charge in [-0.15, -0.1) is 0 Å². The zero-order chi connectivity index (χ0) is 12.0. The lowest BCUT2D eigenvalue weighted by Crippen LogP contribution is -2.20. The Labute approximate surface area is 98.4 Å². The van der Waals surface area contributed by atoms with E-state index in [0.29, 0.717) is 0 Å². The summed E-state index contributed by atoms with van der Waals surface area (Å²) in [6.07, 6.45) is 4.27. The van der Waals surface area contributed by atoms with E-state index >= 15 is 0 Å². The van der Waals surface area contributed by atoms with Gasteiger partial charge < -0.3 is 10.6 Å². The van der Waals surface area contributed by atoms with Crippen LogP contribution in [-0.2, 0) is 13.1 Å². The van der Waals surface area contributed by atoms with Crippen LogP contribution in [0.5, 0.6) is 0 Å². The second-order valence-electron chi connectivity index (χ2n) is 4.30. The van der Waals surface area contributed by atoms with E-state index in [-0.39, 0.29) is 0 Å². The van der Waals surface area contributed by atoms with Crippen LogP contribution in [0.3, 0.4) is 0 Å². The average molecular weight is 224 g/mol. The summed E-state index contributed by atoms with van der Waals surface area (Å²) < 4.78 is 2.04. The van der Waals surface area contributed by atoms with Gasteiger partial charge in [-0.25, -0.2) is 0 Å². The SMILES string of the molecule is CCn1ncc(CN(C)CCCCN)c1C. The largest absolute Gasteiger partial charge is 0.330 e. The maximum absolute atomic E-state index is 5.48. The first-order chi connectivity index (χ1) is 7.69. The van der Waals surface area contributed by atoms with E-state index in [1.54, 1.807) is 0 Å². The van der Waals surface area contributed by atoms with Crippen LogP contribution >= 0.6 is 0 Å². The topological polar surface area (TPSA) is 47.1 Å². The van der Waals surface area contributed by atoms with Crippen molar-refractivity contribution >= 4 is 0 Å². The zero-order valence-electron chi connectivity index (χ0n) is 10.7. The molecule has 0 atom stereocenters. The van der Waals surface area contributed by atoms with Gasteiger partial charge >= 0.3 is 0 Å². The van der Waals surface area contributed by atoms with Gasteiger partial charge in [0, 0.05) is 24.3 Å². The number of nitrogens with zero attached hydrogens (tertiary/aromatic N) is 3. The predicted molar refractivity (Wildman–Crippen MR) is 67.3 cm³/mol. The normalized spacial score (nSPS) is 11.3. The Bertz CT molecular complexity index is 306. The molecule has 0 fully saturated rings. The number of unbranched alkanes of at least 4 members (excludes halogenated alkanes) is 1. The molecule has 0 amide bonds. The summed E-state index contributed by atoms with van der Waals surface area (Å²) in [5.74, 6) is 0. The minimum Gasteiger partial charge on any atom is -0.330 e. The molecule has 1 heterocycles. The number of hydrogen-bond donors (Lipinski definition) is 1. The van der Waals surface area contributed by atoms with E-state index in [4.69, 9.17) is 5.73 Å². The molecule has 16 heavy (non-hydrogen) atoms. The molecule has 0 bridgehead atoms. The van der Waals surface area contributed by atoms with E-state index in [1.165, 1.54) is 17.7 Å². The fourth-order valence-electron chi connectivity index (χ4n) is 1.86. The molecule has 4 heteroatoms. The third-order valence-electron chi connectivity index (χ3n) is 2.94. The summed E-state index contributed by atoms with van der Waals surface area (Å²) in [6, 6.07) is 0. The van der Waals surface area contributed by atoms with Crippen LogP contribution in [0.25, 0.3) is 0 Å². The van der Waals surface area contributed by atoms with Crippen molar-refractivity contribution in [1.82, 2.24) is 14.7 Å². The first-order valence-electron chi connectivity index (χ1n) is 6.09. The molecule has 0 unspecified atom stereocenters. The van der Waals surface area contributed by atoms with Gasteiger partial charge in [0.05, 0.1) is 6.20 Å². The lowest BCUT2D eigenvalue weighted by Gasteiger charge is -2.16. The molecule has 1 rings (SSSR count). The summed E-state index contributed by atoms with van der Waals surface area (Å²) in [6.45, 7) is 8.09. The number of nitrogens with two attached hydrogens (primary N) is 1. The summed E-state index contributed by atoms with van der Waals surface area (Å²) in [4.78, 5) is 2.33. The monoisotopic (exact) mass is 224 g/mol. The van der Waals surface area contributed by atoms with Crippen LogP contribution in [0.2, 0.25) is 0 Å². The second-order valence-corrected chi connectivity index (χ2v) is 4.30. The number of rotatable bonds is 7. The third kappa shape index (κ3) is 3.61. The van der Waals surface area contributed by atoms with E-state index in [1.807, 2.05) is 10.9 Å². The van der Waals surface area contributed by atoms with Crippen LogP contribution in [0.15, 0.2) is 6.20 Å². The van der Waals surface area contributed by atoms with Crippen LogP contribution < -0.4 is 5.73 Å². The van der Waals surface area contributed by atoms with Crippen molar-refractivity contribution in [3.63, 3.8) is 0 Å². The fourth-order valence-corrected chi connectivity index (χ4v) is 1.86. The highest BCUT2D eigenvalue weighted by atomic mass is 15.3. The van der Waals surface area contributed by atoms with Gasteiger partial charge in [-0.05, 0) is 46.8 Å². The van der Waals surface area contributed by atoms with Gasteiger partial charge in [0.15, 0.2) is 0 Å². The van der Waals surface area contributed by atoms with Crippen molar-refractivity contribution in [2.45, 2.75) is 39.8 Å². The smallest absolute Gasteiger partial charge is 0.0537 e. The molecule has 1 aromatic heterocycles. The highest BCUT2D eigenvalue weighted by Gasteiger charge is 2.07. The predicted octanol–water partition coefficient (Wildman–Crippen LogP) is 1.38. The summed E-state index contributed by atoms with van der Waals surface area (Å²) in [5, 5.41) is 4.35. The molecule has 0 saturated carbocycles. The molecule has 4 nitrogen and oxygen atoms in total. The molecule has 92 valence electrons. The molecular weight excluding hydrogens is 200 g/mol. The highest BCUT2D eigenvalue weighted by molar-refractivity contribution is 5.15. The van der Waals surface area contributed by atoms with Gasteiger partial charge in [0.25, 0.3) is 0 Å². The maximum Gasteiger partial charge on any atom is 0.0537 e. The lowest BCUT2D eigenvalue weighted by molar-refractivity contribution is 0.318. The van der Waals surface area contributed by atoms with Gasteiger partial charge in [-0.1, -0.05) is 0 Å². The molecular formula is C12H24N4. The summed E-state index contributed by atoms with van der Waals surface area (Å²) >= 11 is 0. The van der Waals surface area contributed by atoms with Crippen molar-refractivity contribution in [3.8, 4) is 0 Å². The molecule has 0 radical (unpaired) electrons. The number of aryl methyl sites for hydroxylation is 1.